The lowest BCUT2D eigenvalue weighted by atomic mass is 9.65. The average Bonchev–Trinajstić information content (AvgIpc) is 2.58. The molecule has 0 bridgehead atoms. The van der Waals surface area contributed by atoms with Crippen LogP contribution in [0, 0.1) is 23.2 Å². The number of piperidine rings is 2. The molecular formula is C22H42N2. The smallest absolute Gasteiger partial charge is 0.00385 e. The summed E-state index contributed by atoms with van der Waals surface area (Å²) in [6.07, 6.45) is 11.9. The van der Waals surface area contributed by atoms with Gasteiger partial charge in [0.15, 0.2) is 0 Å². The highest BCUT2D eigenvalue weighted by atomic mass is 15.2. The van der Waals surface area contributed by atoms with Gasteiger partial charge in [-0.2, -0.15) is 0 Å². The normalized spacial score (nSPS) is 28.2. The molecule has 0 aromatic carbocycles. The molecule has 140 valence electrons. The zero-order valence-corrected chi connectivity index (χ0v) is 16.9. The van der Waals surface area contributed by atoms with Crippen LogP contribution in [0.25, 0.3) is 0 Å². The molecule has 1 saturated carbocycles. The van der Waals surface area contributed by atoms with Crippen LogP contribution in [-0.2, 0) is 0 Å². The summed E-state index contributed by atoms with van der Waals surface area (Å²) in [6.45, 7) is 16.4. The van der Waals surface area contributed by atoms with Crippen molar-refractivity contribution >= 4 is 0 Å². The lowest BCUT2D eigenvalue weighted by Gasteiger charge is -2.47. The SMILES string of the molecule is CC(C)C1CCN(CC2CCC3(CC2)CCN(C(C)C)CC3)CC1. The molecule has 0 atom stereocenters. The molecule has 3 fully saturated rings. The summed E-state index contributed by atoms with van der Waals surface area (Å²) in [5.41, 5.74) is 0.729. The summed E-state index contributed by atoms with van der Waals surface area (Å²) in [6, 6.07) is 0.743. The fourth-order valence-electron chi connectivity index (χ4n) is 5.65. The van der Waals surface area contributed by atoms with Crippen molar-refractivity contribution in [2.75, 3.05) is 32.7 Å². The molecule has 2 heterocycles. The van der Waals surface area contributed by atoms with Crippen molar-refractivity contribution in [1.82, 2.24) is 9.80 Å². The zero-order valence-electron chi connectivity index (χ0n) is 16.9. The van der Waals surface area contributed by atoms with Gasteiger partial charge in [-0.15, -0.1) is 0 Å². The van der Waals surface area contributed by atoms with Gasteiger partial charge in [0, 0.05) is 12.6 Å². The number of hydrogen-bond acceptors (Lipinski definition) is 2. The molecule has 3 aliphatic rings. The molecule has 3 rings (SSSR count). The van der Waals surface area contributed by atoms with Crippen LogP contribution in [0.4, 0.5) is 0 Å². The van der Waals surface area contributed by atoms with Crippen molar-refractivity contribution in [3.05, 3.63) is 0 Å². The van der Waals surface area contributed by atoms with E-state index in [1.54, 1.807) is 0 Å². The summed E-state index contributed by atoms with van der Waals surface area (Å²) < 4.78 is 0. The summed E-state index contributed by atoms with van der Waals surface area (Å²) >= 11 is 0. The van der Waals surface area contributed by atoms with Crippen LogP contribution in [0.5, 0.6) is 0 Å². The molecule has 2 aliphatic heterocycles. The van der Waals surface area contributed by atoms with Crippen LogP contribution < -0.4 is 0 Å². The van der Waals surface area contributed by atoms with Gasteiger partial charge in [0.25, 0.3) is 0 Å². The van der Waals surface area contributed by atoms with Crippen LogP contribution in [0.2, 0.25) is 0 Å². The highest BCUT2D eigenvalue weighted by Crippen LogP contribution is 2.46. The molecule has 1 spiro atoms. The van der Waals surface area contributed by atoms with E-state index >= 15 is 0 Å². The Bertz CT molecular complexity index is 363. The Kier molecular flexibility index (Phi) is 6.30. The third kappa shape index (κ3) is 4.55. The first kappa shape index (κ1) is 18.7. The molecule has 0 aromatic rings. The standard InChI is InChI=1S/C22H42N2/c1-18(2)21-7-13-23(14-8-21)17-20-5-9-22(10-6-20)11-15-24(16-12-22)19(3)4/h18-21H,5-17H2,1-4H3. The van der Waals surface area contributed by atoms with E-state index in [1.165, 1.54) is 84.1 Å². The molecule has 2 heteroatoms. The maximum absolute atomic E-state index is 2.79. The van der Waals surface area contributed by atoms with E-state index in [0.29, 0.717) is 0 Å². The van der Waals surface area contributed by atoms with Crippen LogP contribution >= 0.6 is 0 Å². The van der Waals surface area contributed by atoms with Crippen LogP contribution in [0.15, 0.2) is 0 Å². The van der Waals surface area contributed by atoms with E-state index in [9.17, 15) is 0 Å². The van der Waals surface area contributed by atoms with Crippen molar-refractivity contribution in [3.63, 3.8) is 0 Å². The van der Waals surface area contributed by atoms with Crippen molar-refractivity contribution in [3.8, 4) is 0 Å². The quantitative estimate of drug-likeness (QED) is 0.711. The summed E-state index contributed by atoms with van der Waals surface area (Å²) in [7, 11) is 0. The van der Waals surface area contributed by atoms with E-state index in [1.807, 2.05) is 0 Å². The lowest BCUT2D eigenvalue weighted by molar-refractivity contribution is 0.0301. The number of likely N-dealkylation sites (tertiary alicyclic amines) is 2. The molecule has 1 aliphatic carbocycles. The Morgan fingerprint density at radius 2 is 1.38 bits per heavy atom. The molecule has 0 radical (unpaired) electrons. The minimum atomic E-state index is 0.729. The first-order chi connectivity index (χ1) is 11.5. The van der Waals surface area contributed by atoms with E-state index in [0.717, 1.165) is 29.2 Å². The Labute approximate surface area is 151 Å². The highest BCUT2D eigenvalue weighted by Gasteiger charge is 2.38. The van der Waals surface area contributed by atoms with Gasteiger partial charge in [-0.3, -0.25) is 0 Å². The van der Waals surface area contributed by atoms with Crippen LogP contribution in [0.3, 0.4) is 0 Å². The molecule has 0 aromatic heterocycles. The summed E-state index contributed by atoms with van der Waals surface area (Å²) in [5, 5.41) is 0. The second-order valence-corrected chi connectivity index (χ2v) is 9.96. The van der Waals surface area contributed by atoms with Crippen LogP contribution in [0.1, 0.15) is 79.1 Å². The maximum atomic E-state index is 2.79. The van der Waals surface area contributed by atoms with Gasteiger partial charge >= 0.3 is 0 Å². The van der Waals surface area contributed by atoms with Gasteiger partial charge in [-0.1, -0.05) is 13.8 Å². The van der Waals surface area contributed by atoms with Gasteiger partial charge in [0.2, 0.25) is 0 Å². The van der Waals surface area contributed by atoms with E-state index in [-0.39, 0.29) is 0 Å². The minimum Gasteiger partial charge on any atom is -0.303 e. The summed E-state index contributed by atoms with van der Waals surface area (Å²) in [4.78, 5) is 5.49. The third-order valence-corrected chi connectivity index (χ3v) is 7.85. The van der Waals surface area contributed by atoms with Gasteiger partial charge in [-0.05, 0) is 115 Å². The first-order valence-corrected chi connectivity index (χ1v) is 10.9. The van der Waals surface area contributed by atoms with Crippen molar-refractivity contribution in [1.29, 1.82) is 0 Å². The predicted octanol–water partition coefficient (Wildman–Crippen LogP) is 5.04. The largest absolute Gasteiger partial charge is 0.303 e. The zero-order chi connectivity index (χ0) is 17.2. The van der Waals surface area contributed by atoms with Crippen molar-refractivity contribution in [2.24, 2.45) is 23.2 Å². The topological polar surface area (TPSA) is 6.48 Å². The van der Waals surface area contributed by atoms with E-state index in [4.69, 9.17) is 0 Å². The first-order valence-electron chi connectivity index (χ1n) is 10.9. The van der Waals surface area contributed by atoms with E-state index in [2.05, 4.69) is 37.5 Å². The third-order valence-electron chi connectivity index (χ3n) is 7.85. The number of nitrogens with zero attached hydrogens (tertiary/aromatic N) is 2. The van der Waals surface area contributed by atoms with Crippen molar-refractivity contribution < 1.29 is 0 Å². The molecular weight excluding hydrogens is 292 g/mol. The average molecular weight is 335 g/mol. The Morgan fingerprint density at radius 1 is 0.792 bits per heavy atom. The molecule has 0 N–H and O–H groups in total. The fraction of sp³-hybridized carbons (Fsp3) is 1.00. The number of hydrogen-bond donors (Lipinski definition) is 0. The van der Waals surface area contributed by atoms with Crippen molar-refractivity contribution in [2.45, 2.75) is 85.1 Å². The Balaban J connectivity index is 1.39. The van der Waals surface area contributed by atoms with E-state index < -0.39 is 0 Å². The van der Waals surface area contributed by atoms with Gasteiger partial charge in [-0.25, -0.2) is 0 Å². The summed E-state index contributed by atoms with van der Waals surface area (Å²) in [5.74, 6) is 2.87. The molecule has 0 amide bonds. The molecule has 2 nitrogen and oxygen atoms in total. The van der Waals surface area contributed by atoms with Gasteiger partial charge in [0.05, 0.1) is 0 Å². The predicted molar refractivity (Wildman–Crippen MR) is 104 cm³/mol. The molecule has 0 unspecified atom stereocenters. The molecule has 2 saturated heterocycles. The Hall–Kier alpha value is -0.0800. The minimum absolute atomic E-state index is 0.729. The van der Waals surface area contributed by atoms with Crippen LogP contribution in [-0.4, -0.2) is 48.6 Å². The van der Waals surface area contributed by atoms with Gasteiger partial charge < -0.3 is 9.80 Å². The molecule has 24 heavy (non-hydrogen) atoms. The second kappa shape index (κ2) is 8.08. The fourth-order valence-corrected chi connectivity index (χ4v) is 5.65. The lowest BCUT2D eigenvalue weighted by Crippen LogP contribution is -2.45. The monoisotopic (exact) mass is 334 g/mol. The highest BCUT2D eigenvalue weighted by molar-refractivity contribution is 4.91. The second-order valence-electron chi connectivity index (χ2n) is 9.96. The maximum Gasteiger partial charge on any atom is 0.00385 e. The Morgan fingerprint density at radius 3 is 1.88 bits per heavy atom. The number of rotatable bonds is 4. The van der Waals surface area contributed by atoms with Gasteiger partial charge in [0.1, 0.15) is 0 Å².